The van der Waals surface area contributed by atoms with Gasteiger partial charge in [-0.2, -0.15) is 0 Å². The van der Waals surface area contributed by atoms with E-state index in [2.05, 4.69) is 103 Å². The molecular formula is C12H32BrP3Ru. The molecule has 0 amide bonds. The summed E-state index contributed by atoms with van der Waals surface area (Å²) in [5.74, 6) is 0. The van der Waals surface area contributed by atoms with Crippen LogP contribution in [0.4, 0.5) is 0 Å². The van der Waals surface area contributed by atoms with Crippen LogP contribution in [-0.2, 0) is 16.3 Å². The number of halogens is 1. The van der Waals surface area contributed by atoms with Crippen LogP contribution in [0.15, 0.2) is 12.7 Å². The van der Waals surface area contributed by atoms with Crippen molar-refractivity contribution in [3.8, 4) is 0 Å². The van der Waals surface area contributed by atoms with Crippen LogP contribution in [0.3, 0.4) is 0 Å². The topological polar surface area (TPSA) is 0 Å². The first kappa shape index (κ1) is 31.4. The van der Waals surface area contributed by atoms with Gasteiger partial charge in [0.25, 0.3) is 0 Å². The van der Waals surface area contributed by atoms with Crippen LogP contribution >= 0.6 is 37.4 Å². The first-order valence-corrected chi connectivity index (χ1v) is 17.0. The molecule has 0 nitrogen and oxygen atoms in total. The summed E-state index contributed by atoms with van der Waals surface area (Å²) in [7, 11) is 1.14. The summed E-state index contributed by atoms with van der Waals surface area (Å²) in [6, 6.07) is 0. The van der Waals surface area contributed by atoms with Gasteiger partial charge in [-0.05, 0) is 60.0 Å². The van der Waals surface area contributed by atoms with E-state index in [-0.39, 0.29) is 0 Å². The van der Waals surface area contributed by atoms with Crippen molar-refractivity contribution in [2.75, 3.05) is 60.0 Å². The van der Waals surface area contributed by atoms with Gasteiger partial charge in [-0.15, -0.1) is 23.8 Å². The molecule has 0 spiro atoms. The first-order valence-electron chi connectivity index (χ1n) is 4.98. The van der Waals surface area contributed by atoms with Crippen molar-refractivity contribution in [2.45, 2.75) is 0 Å². The Balaban J connectivity index is -0.0000000361. The van der Waals surface area contributed by atoms with Gasteiger partial charge in [-0.1, -0.05) is 0 Å². The van der Waals surface area contributed by atoms with Gasteiger partial charge < -0.3 is 0 Å². The van der Waals surface area contributed by atoms with Gasteiger partial charge in [0.2, 0.25) is 0 Å². The van der Waals surface area contributed by atoms with Crippen molar-refractivity contribution in [1.29, 1.82) is 0 Å². The molecule has 17 heavy (non-hydrogen) atoms. The van der Waals surface area contributed by atoms with Crippen molar-refractivity contribution in [3.05, 3.63) is 19.6 Å². The number of hydrogen-bond acceptors (Lipinski definition) is 0. The molecule has 5 heteroatoms. The maximum absolute atomic E-state index is 3.25. The van der Waals surface area contributed by atoms with Crippen LogP contribution in [0.5, 0.6) is 0 Å². The fraction of sp³-hybridized carbons (Fsp3) is 0.750. The third-order valence-electron chi connectivity index (χ3n) is 0. The van der Waals surface area contributed by atoms with E-state index in [4.69, 9.17) is 0 Å². The Morgan fingerprint density at radius 3 is 0.765 bits per heavy atom. The van der Waals surface area contributed by atoms with Gasteiger partial charge in [-0.3, -0.25) is 0 Å². The predicted octanol–water partition coefficient (Wildman–Crippen LogP) is 5.92. The Kier molecular flexibility index (Phi) is 66.7. The van der Waals surface area contributed by atoms with Gasteiger partial charge in [0.15, 0.2) is 0 Å². The summed E-state index contributed by atoms with van der Waals surface area (Å²) >= 11 is 5.03. The molecule has 0 aliphatic heterocycles. The zero-order valence-electron chi connectivity index (χ0n) is 13.1. The van der Waals surface area contributed by atoms with E-state index in [0.717, 1.165) is 0 Å². The van der Waals surface area contributed by atoms with Gasteiger partial charge in [0.1, 0.15) is 0 Å². The normalized spacial score (nSPS) is 7.41. The zero-order valence-corrected chi connectivity index (χ0v) is 19.1. The second-order valence-corrected chi connectivity index (χ2v) is 12.4. The van der Waals surface area contributed by atoms with Crippen LogP contribution in [0.25, 0.3) is 0 Å². The van der Waals surface area contributed by atoms with Crippen molar-refractivity contribution in [3.63, 3.8) is 0 Å². The first-order chi connectivity index (χ1) is 7.61. The zero-order chi connectivity index (χ0) is 15.4. The molecule has 0 atom stereocenters. The average Bonchev–Trinajstić information content (AvgIpc) is 2.04. The minimum absolute atomic E-state index is 0.380. The van der Waals surface area contributed by atoms with Gasteiger partial charge >= 0.3 is 30.0 Å². The molecule has 0 aromatic carbocycles. The van der Waals surface area contributed by atoms with Crippen molar-refractivity contribution < 1.29 is 16.3 Å². The molecule has 0 aliphatic rings. The predicted molar refractivity (Wildman–Crippen MR) is 98.6 cm³/mol. The SMILES string of the molecule is C=C[CH2-].CP(C)C.CP(C)C.CP(C)C.[Br][Ru+]. The summed E-state index contributed by atoms with van der Waals surface area (Å²) < 4.78 is 0. The van der Waals surface area contributed by atoms with E-state index < -0.39 is 0 Å². The number of allylic oxidation sites excluding steroid dienone is 1. The third kappa shape index (κ3) is 1150. The molecule has 0 radical (unpaired) electrons. The maximum atomic E-state index is 3.25. The summed E-state index contributed by atoms with van der Waals surface area (Å²) in [6.45, 7) is 26.6. The van der Waals surface area contributed by atoms with E-state index in [1.54, 1.807) is 0 Å². The monoisotopic (exact) mass is 450 g/mol. The van der Waals surface area contributed by atoms with Crippen LogP contribution in [0, 0.1) is 6.92 Å². The van der Waals surface area contributed by atoms with Gasteiger partial charge in [0, 0.05) is 0 Å². The molecule has 0 N–H and O–H groups in total. The van der Waals surface area contributed by atoms with Crippen molar-refractivity contribution in [2.24, 2.45) is 0 Å². The summed E-state index contributed by atoms with van der Waals surface area (Å²) in [5, 5.41) is 0. The summed E-state index contributed by atoms with van der Waals surface area (Å²) in [5.41, 5.74) is 0. The molecule has 110 valence electrons. The minimum atomic E-state index is 0.380. The fourth-order valence-corrected chi connectivity index (χ4v) is 0. The van der Waals surface area contributed by atoms with Crippen LogP contribution in [-0.4, -0.2) is 60.0 Å². The molecule has 0 unspecified atom stereocenters. The molecule has 0 aliphatic carbocycles. The molecule has 0 aromatic heterocycles. The molecule has 0 fully saturated rings. The number of rotatable bonds is 0. The van der Waals surface area contributed by atoms with Gasteiger partial charge in [-0.25, -0.2) is 19.6 Å². The Morgan fingerprint density at radius 1 is 0.765 bits per heavy atom. The van der Waals surface area contributed by atoms with Gasteiger partial charge in [0.05, 0.1) is 0 Å². The molecule has 0 saturated heterocycles. The Morgan fingerprint density at radius 2 is 0.765 bits per heavy atom. The Hall–Kier alpha value is 2.00. The van der Waals surface area contributed by atoms with E-state index in [1.807, 2.05) is 0 Å². The van der Waals surface area contributed by atoms with E-state index >= 15 is 0 Å². The van der Waals surface area contributed by atoms with Crippen LogP contribution in [0.1, 0.15) is 0 Å². The quantitative estimate of drug-likeness (QED) is 0.244. The Bertz CT molecular complexity index is 77.2. The molecule has 0 heterocycles. The fourth-order valence-electron chi connectivity index (χ4n) is 0. The van der Waals surface area contributed by atoms with Crippen molar-refractivity contribution in [1.82, 2.24) is 0 Å². The van der Waals surface area contributed by atoms with Crippen LogP contribution < -0.4 is 0 Å². The Labute approximate surface area is 132 Å². The van der Waals surface area contributed by atoms with Crippen LogP contribution in [0.2, 0.25) is 0 Å². The second-order valence-electron chi connectivity index (χ2n) is 4.31. The average molecular weight is 450 g/mol. The standard InChI is InChI=1S/3C3H9P.C3H5.BrH.Ru/c3*1-4(2)3;1-3-2;;/h3*1-3H3;3H,1-2H2;1H;/q;;;-1;;+2/p-1. The second kappa shape index (κ2) is 36.1. The molecule has 0 saturated carbocycles. The summed E-state index contributed by atoms with van der Waals surface area (Å²) in [4.78, 5) is 0. The number of hydrogen-bond donors (Lipinski definition) is 0. The van der Waals surface area contributed by atoms with E-state index in [0.29, 0.717) is 23.8 Å². The van der Waals surface area contributed by atoms with Crippen molar-refractivity contribution >= 4 is 37.4 Å². The molecule has 0 rings (SSSR count). The molecule has 0 bridgehead atoms. The van der Waals surface area contributed by atoms with E-state index in [1.165, 1.54) is 6.08 Å². The third-order valence-corrected chi connectivity index (χ3v) is 0. The van der Waals surface area contributed by atoms with E-state index in [9.17, 15) is 0 Å². The molecular weight excluding hydrogens is 418 g/mol. The molecule has 0 aromatic rings. The summed E-state index contributed by atoms with van der Waals surface area (Å²) in [6.07, 6.45) is 1.50.